The Morgan fingerprint density at radius 2 is 0.370 bits per heavy atom. The van der Waals surface area contributed by atoms with Crippen molar-refractivity contribution in [2.24, 2.45) is 53.3 Å². The van der Waals surface area contributed by atoms with E-state index in [-0.39, 0.29) is 20.4 Å². The van der Waals surface area contributed by atoms with Crippen LogP contribution in [0.3, 0.4) is 0 Å². The summed E-state index contributed by atoms with van der Waals surface area (Å²) in [6.07, 6.45) is 26.4. The van der Waals surface area contributed by atoms with Crippen molar-refractivity contribution < 1.29 is 20.4 Å². The fraction of sp³-hybridized carbons (Fsp3) is 0.455. The summed E-state index contributed by atoms with van der Waals surface area (Å²) in [4.78, 5) is 0. The largest absolute Gasteiger partial charge is 0.179 e. The van der Waals surface area contributed by atoms with Gasteiger partial charge in [-0.25, -0.2) is 0 Å². The van der Waals surface area contributed by atoms with Crippen LogP contribution in [0.25, 0.3) is 0 Å². The van der Waals surface area contributed by atoms with Crippen LogP contribution < -0.4 is 47.1 Å². The number of hydrogen-bond acceptors (Lipinski definition) is 3. The zero-order chi connectivity index (χ0) is 48.0. The molecule has 0 saturated heterocycles. The molecule has 3 nitrogen and oxygen atoms in total. The van der Waals surface area contributed by atoms with Gasteiger partial charge in [-0.05, 0) is 242 Å². The SMILES string of the molecule is [Pd].c1ccc([PH+](NC23CC4CC(CC(C4)C2)C3)c2ccccc2)cc1.c1ccc([PH+](NC23CC4CC(CC(C4)C2)C3)c2ccccc2)cc1.c1ccc([PH+](NC23CC4CC(CC(C4)C2)C3)c2ccccc2)cc1. The topological polar surface area (TPSA) is 36.1 Å². The van der Waals surface area contributed by atoms with E-state index in [1.165, 1.54) is 147 Å². The normalized spacial score (nSPS) is 33.5. The molecule has 0 aliphatic heterocycles. The third-order valence-corrected chi connectivity index (χ3v) is 27.5. The Bertz CT molecular complexity index is 2170. The Balaban J connectivity index is 0.000000111. The first kappa shape index (κ1) is 50.9. The summed E-state index contributed by atoms with van der Waals surface area (Å²) in [7, 11) is -2.73. The summed E-state index contributed by atoms with van der Waals surface area (Å²) >= 11 is 0. The van der Waals surface area contributed by atoms with E-state index in [2.05, 4.69) is 197 Å². The zero-order valence-electron chi connectivity index (χ0n) is 43.1. The summed E-state index contributed by atoms with van der Waals surface area (Å²) in [6.45, 7) is 0. The monoisotopic (exact) mass is 1110 g/mol. The van der Waals surface area contributed by atoms with E-state index in [1.807, 2.05) is 0 Å². The van der Waals surface area contributed by atoms with Gasteiger partial charge >= 0.3 is 0 Å². The van der Waals surface area contributed by atoms with E-state index < -0.39 is 24.2 Å². The number of nitrogens with one attached hydrogen (secondary N) is 3. The van der Waals surface area contributed by atoms with Crippen molar-refractivity contribution in [2.75, 3.05) is 0 Å². The van der Waals surface area contributed by atoms with Gasteiger partial charge < -0.3 is 0 Å². The molecule has 18 rings (SSSR count). The van der Waals surface area contributed by atoms with E-state index >= 15 is 0 Å². The molecule has 382 valence electrons. The van der Waals surface area contributed by atoms with Crippen LogP contribution in [0.4, 0.5) is 0 Å². The van der Waals surface area contributed by atoms with Crippen LogP contribution in [0.1, 0.15) is 116 Å². The average molecular weight is 1120 g/mol. The molecule has 73 heavy (non-hydrogen) atoms. The molecule has 0 unspecified atom stereocenters. The van der Waals surface area contributed by atoms with Gasteiger partial charge in [0.2, 0.25) is 0 Å². The summed E-state index contributed by atoms with van der Waals surface area (Å²) in [5.74, 6) is 8.99. The van der Waals surface area contributed by atoms with Crippen molar-refractivity contribution in [1.29, 1.82) is 0 Å². The second-order valence-corrected chi connectivity index (χ2v) is 31.8. The third kappa shape index (κ3) is 11.4. The molecule has 0 heterocycles. The van der Waals surface area contributed by atoms with Crippen LogP contribution in [0, 0.1) is 53.3 Å². The fourth-order valence-corrected chi connectivity index (χ4v) is 25.7. The number of rotatable bonds is 12. The molecular formula is C66H81N3P3Pd+3. The number of hydrogen-bond donors (Lipinski definition) is 3. The van der Waals surface area contributed by atoms with Gasteiger partial charge in [-0.2, -0.15) is 15.3 Å². The quantitative estimate of drug-likeness (QED) is 0.0844. The van der Waals surface area contributed by atoms with E-state index in [0.717, 1.165) is 53.3 Å². The van der Waals surface area contributed by atoms with Gasteiger partial charge in [-0.1, -0.05) is 109 Å². The maximum absolute atomic E-state index is 4.30. The second kappa shape index (κ2) is 22.2. The molecule has 12 aliphatic rings. The Morgan fingerprint density at radius 1 is 0.233 bits per heavy atom. The average Bonchev–Trinajstić information content (AvgIpc) is 3.40. The Kier molecular flexibility index (Phi) is 15.5. The van der Waals surface area contributed by atoms with Crippen LogP contribution in [-0.4, -0.2) is 16.6 Å². The van der Waals surface area contributed by atoms with Crippen LogP contribution in [0.15, 0.2) is 182 Å². The minimum Gasteiger partial charge on any atom is -0.179 e. The maximum Gasteiger partial charge on any atom is 0.133 e. The molecule has 7 heteroatoms. The molecule has 6 aromatic carbocycles. The predicted molar refractivity (Wildman–Crippen MR) is 314 cm³/mol. The summed E-state index contributed by atoms with van der Waals surface area (Å²) < 4.78 is 0. The van der Waals surface area contributed by atoms with E-state index in [1.54, 1.807) is 0 Å². The third-order valence-electron chi connectivity index (χ3n) is 19.7. The van der Waals surface area contributed by atoms with Gasteiger partial charge in [-0.15, -0.1) is 0 Å². The fourth-order valence-electron chi connectivity index (χ4n) is 18.1. The Labute approximate surface area is 456 Å². The van der Waals surface area contributed by atoms with Crippen molar-refractivity contribution in [3.8, 4) is 0 Å². The molecule has 12 fully saturated rings. The van der Waals surface area contributed by atoms with Gasteiger partial charge in [0, 0.05) is 20.4 Å². The van der Waals surface area contributed by atoms with E-state index in [9.17, 15) is 0 Å². The van der Waals surface area contributed by atoms with Crippen molar-refractivity contribution >= 4 is 56.0 Å². The zero-order valence-corrected chi connectivity index (χ0v) is 47.6. The molecule has 0 radical (unpaired) electrons. The molecule has 0 amide bonds. The maximum atomic E-state index is 4.30. The molecule has 12 saturated carbocycles. The minimum atomic E-state index is -0.910. The Hall–Kier alpha value is -2.85. The molecule has 0 aromatic heterocycles. The summed E-state index contributed by atoms with van der Waals surface area (Å²) in [5, 5.41) is 21.9. The van der Waals surface area contributed by atoms with Gasteiger partial charge in [-0.3, -0.25) is 0 Å². The van der Waals surface area contributed by atoms with Crippen molar-refractivity contribution in [3.63, 3.8) is 0 Å². The Morgan fingerprint density at radius 3 is 0.507 bits per heavy atom. The van der Waals surface area contributed by atoms with Crippen LogP contribution in [-0.2, 0) is 20.4 Å². The minimum absolute atomic E-state index is 0. The number of benzene rings is 6. The molecule has 6 aromatic rings. The first-order valence-corrected chi connectivity index (χ1v) is 33.2. The van der Waals surface area contributed by atoms with Gasteiger partial charge in [0.05, 0.1) is 16.6 Å². The molecule has 3 N–H and O–H groups in total. The van der Waals surface area contributed by atoms with Crippen molar-refractivity contribution in [1.82, 2.24) is 15.3 Å². The van der Waals surface area contributed by atoms with E-state index in [4.69, 9.17) is 0 Å². The van der Waals surface area contributed by atoms with Gasteiger partial charge in [0.15, 0.2) is 0 Å². The molecular weight excluding hydrogens is 1030 g/mol. The summed E-state index contributed by atoms with van der Waals surface area (Å²) in [5.41, 5.74) is 1.28. The van der Waals surface area contributed by atoms with Crippen molar-refractivity contribution in [2.45, 2.75) is 132 Å². The molecule has 0 spiro atoms. The van der Waals surface area contributed by atoms with Gasteiger partial charge in [0.25, 0.3) is 0 Å². The van der Waals surface area contributed by atoms with Crippen molar-refractivity contribution in [3.05, 3.63) is 182 Å². The van der Waals surface area contributed by atoms with E-state index in [0.29, 0.717) is 16.6 Å². The van der Waals surface area contributed by atoms with Gasteiger partial charge in [0.1, 0.15) is 56.0 Å². The molecule has 12 aliphatic carbocycles. The van der Waals surface area contributed by atoms with Crippen LogP contribution >= 0.6 is 24.2 Å². The molecule has 12 bridgehead atoms. The first-order valence-electron chi connectivity index (χ1n) is 28.7. The second-order valence-electron chi connectivity index (χ2n) is 25.3. The predicted octanol–water partition coefficient (Wildman–Crippen LogP) is 13.0. The standard InChI is InChI=1S/3C22H26NP.Pd/c3*1-3-7-20(8-4-1)24(21-9-5-2-6-10-21)23-22-14-17-11-18(15-22)13-19(12-17)16-22;/h3*1-10,17-19,23H,11-16H2;/p+3. The van der Waals surface area contributed by atoms with Crippen LogP contribution in [0.5, 0.6) is 0 Å². The van der Waals surface area contributed by atoms with Crippen LogP contribution in [0.2, 0.25) is 0 Å². The molecule has 0 atom stereocenters. The first-order chi connectivity index (χ1) is 35.4. The summed E-state index contributed by atoms with van der Waals surface area (Å²) in [6, 6.07) is 67.1. The smallest absolute Gasteiger partial charge is 0.133 e.